The fraction of sp³-hybridized carbons (Fsp3) is 0.222. The summed E-state index contributed by atoms with van der Waals surface area (Å²) in [7, 11) is 0. The number of fused-ring (bicyclic) bond motifs is 1. The molecule has 0 aliphatic rings. The van der Waals surface area contributed by atoms with E-state index in [0.717, 1.165) is 26.9 Å². The maximum Gasteiger partial charge on any atom is 0.355 e. The molecule has 0 spiro atoms. The van der Waals surface area contributed by atoms with Crippen LogP contribution in [0.2, 0.25) is 0 Å². The summed E-state index contributed by atoms with van der Waals surface area (Å²) in [5.41, 5.74) is 3.49. The molecular weight excluding hydrogens is 310 g/mol. The van der Waals surface area contributed by atoms with E-state index in [1.807, 2.05) is 32.9 Å². The van der Waals surface area contributed by atoms with Crippen molar-refractivity contribution in [1.82, 2.24) is 4.98 Å². The molecule has 0 aliphatic carbocycles. The number of thiophene rings is 1. The van der Waals surface area contributed by atoms with Crippen molar-refractivity contribution >= 4 is 34.0 Å². The molecule has 0 radical (unpaired) electrons. The molecule has 5 heteroatoms. The van der Waals surface area contributed by atoms with Crippen LogP contribution in [0, 0.1) is 20.8 Å². The van der Waals surface area contributed by atoms with E-state index in [1.165, 1.54) is 11.3 Å². The van der Waals surface area contributed by atoms with Gasteiger partial charge in [-0.05, 0) is 56.2 Å². The molecule has 0 atom stereocenters. The Morgan fingerprint density at radius 3 is 2.61 bits per heavy atom. The van der Waals surface area contributed by atoms with Gasteiger partial charge in [-0.1, -0.05) is 6.07 Å². The third-order valence-electron chi connectivity index (χ3n) is 3.66. The molecule has 3 rings (SSSR count). The number of carbonyl (C=O) groups is 2. The Morgan fingerprint density at radius 1 is 1.13 bits per heavy atom. The number of carbonyl (C=O) groups excluding carboxylic acids is 2. The van der Waals surface area contributed by atoms with E-state index in [0.29, 0.717) is 10.6 Å². The molecule has 0 aliphatic heterocycles. The van der Waals surface area contributed by atoms with Crippen molar-refractivity contribution < 1.29 is 14.3 Å². The van der Waals surface area contributed by atoms with E-state index in [4.69, 9.17) is 4.74 Å². The number of esters is 1. The number of hydrogen-bond donors (Lipinski definition) is 1. The lowest BCUT2D eigenvalue weighted by Crippen LogP contribution is -2.13. The van der Waals surface area contributed by atoms with Crippen LogP contribution >= 0.6 is 11.3 Å². The Kier molecular flexibility index (Phi) is 4.05. The first-order valence-corrected chi connectivity index (χ1v) is 8.12. The second-order valence-corrected chi connectivity index (χ2v) is 6.92. The molecule has 118 valence electrons. The van der Waals surface area contributed by atoms with Crippen LogP contribution in [0.3, 0.4) is 0 Å². The molecule has 2 heterocycles. The Bertz CT molecular complexity index is 904. The Morgan fingerprint density at radius 2 is 1.91 bits per heavy atom. The largest absolute Gasteiger partial charge is 0.453 e. The minimum atomic E-state index is -0.514. The SMILES string of the molecule is Cc1cc(C)c2cc(C(=O)OCC(=O)c3ccc(C)s3)[nH]c2c1. The van der Waals surface area contributed by atoms with E-state index >= 15 is 0 Å². The molecule has 1 aromatic carbocycles. The molecular formula is C18H17NO3S. The average molecular weight is 327 g/mol. The Balaban J connectivity index is 1.73. The van der Waals surface area contributed by atoms with Crippen LogP contribution < -0.4 is 0 Å². The van der Waals surface area contributed by atoms with Crippen molar-refractivity contribution in [3.63, 3.8) is 0 Å². The van der Waals surface area contributed by atoms with Crippen LogP contribution in [0.5, 0.6) is 0 Å². The summed E-state index contributed by atoms with van der Waals surface area (Å²) in [5.74, 6) is -0.695. The lowest BCUT2D eigenvalue weighted by molar-refractivity contribution is 0.0471. The Labute approximate surface area is 138 Å². The van der Waals surface area contributed by atoms with E-state index in [1.54, 1.807) is 12.1 Å². The number of H-pyrrole nitrogens is 1. The van der Waals surface area contributed by atoms with Crippen molar-refractivity contribution in [2.24, 2.45) is 0 Å². The zero-order valence-electron chi connectivity index (χ0n) is 13.2. The number of aromatic nitrogens is 1. The fourth-order valence-electron chi connectivity index (χ4n) is 2.57. The first kappa shape index (κ1) is 15.5. The van der Waals surface area contributed by atoms with Crippen molar-refractivity contribution in [1.29, 1.82) is 0 Å². The quantitative estimate of drug-likeness (QED) is 0.577. The van der Waals surface area contributed by atoms with Gasteiger partial charge in [0.1, 0.15) is 5.69 Å². The summed E-state index contributed by atoms with van der Waals surface area (Å²) in [5, 5.41) is 0.989. The molecule has 0 saturated carbocycles. The fourth-order valence-corrected chi connectivity index (χ4v) is 3.37. The Hall–Kier alpha value is -2.40. The topological polar surface area (TPSA) is 59.2 Å². The van der Waals surface area contributed by atoms with E-state index in [2.05, 4.69) is 11.1 Å². The average Bonchev–Trinajstić information content (AvgIpc) is 3.10. The lowest BCUT2D eigenvalue weighted by Gasteiger charge is -2.01. The summed E-state index contributed by atoms with van der Waals surface area (Å²) in [6, 6.07) is 9.45. The summed E-state index contributed by atoms with van der Waals surface area (Å²) in [6.07, 6.45) is 0. The summed E-state index contributed by atoms with van der Waals surface area (Å²) >= 11 is 1.40. The van der Waals surface area contributed by atoms with Gasteiger partial charge in [0.15, 0.2) is 6.61 Å². The standard InChI is InChI=1S/C18H17NO3S/c1-10-6-11(2)13-8-15(19-14(13)7-10)18(21)22-9-16(20)17-5-4-12(3)23-17/h4-8,19H,9H2,1-3H3. The monoisotopic (exact) mass is 327 g/mol. The van der Waals surface area contributed by atoms with Crippen LogP contribution in [0.4, 0.5) is 0 Å². The van der Waals surface area contributed by atoms with Gasteiger partial charge in [-0.3, -0.25) is 4.79 Å². The van der Waals surface area contributed by atoms with Gasteiger partial charge in [0.05, 0.1) is 4.88 Å². The van der Waals surface area contributed by atoms with Crippen LogP contribution in [-0.2, 0) is 4.74 Å². The maximum atomic E-state index is 12.1. The zero-order chi connectivity index (χ0) is 16.6. The highest BCUT2D eigenvalue weighted by Crippen LogP contribution is 2.22. The number of aromatic amines is 1. The van der Waals surface area contributed by atoms with Crippen molar-refractivity contribution in [2.75, 3.05) is 6.61 Å². The molecule has 1 N–H and O–H groups in total. The van der Waals surface area contributed by atoms with Crippen molar-refractivity contribution in [3.05, 3.63) is 56.9 Å². The summed E-state index contributed by atoms with van der Waals surface area (Å²) < 4.78 is 5.14. The van der Waals surface area contributed by atoms with Gasteiger partial charge < -0.3 is 9.72 Å². The molecule has 0 amide bonds. The molecule has 3 aromatic rings. The number of Topliss-reactive ketones (excluding diaryl/α,β-unsaturated/α-hetero) is 1. The van der Waals surface area contributed by atoms with Gasteiger partial charge in [-0.15, -0.1) is 11.3 Å². The molecule has 0 saturated heterocycles. The smallest absolute Gasteiger partial charge is 0.355 e. The first-order valence-electron chi connectivity index (χ1n) is 7.31. The minimum Gasteiger partial charge on any atom is -0.453 e. The van der Waals surface area contributed by atoms with Gasteiger partial charge in [-0.25, -0.2) is 4.79 Å². The second kappa shape index (κ2) is 6.01. The zero-order valence-corrected chi connectivity index (χ0v) is 14.0. The van der Waals surface area contributed by atoms with Crippen LogP contribution in [-0.4, -0.2) is 23.3 Å². The van der Waals surface area contributed by atoms with Crippen LogP contribution in [0.25, 0.3) is 10.9 Å². The number of hydrogen-bond acceptors (Lipinski definition) is 4. The van der Waals surface area contributed by atoms with Crippen LogP contribution in [0.15, 0.2) is 30.3 Å². The van der Waals surface area contributed by atoms with E-state index in [9.17, 15) is 9.59 Å². The van der Waals surface area contributed by atoms with Gasteiger partial charge >= 0.3 is 5.97 Å². The number of rotatable bonds is 4. The van der Waals surface area contributed by atoms with Gasteiger partial charge in [0, 0.05) is 15.8 Å². The van der Waals surface area contributed by atoms with Gasteiger partial charge in [0.2, 0.25) is 5.78 Å². The van der Waals surface area contributed by atoms with Crippen molar-refractivity contribution in [2.45, 2.75) is 20.8 Å². The molecule has 23 heavy (non-hydrogen) atoms. The highest BCUT2D eigenvalue weighted by atomic mass is 32.1. The number of aryl methyl sites for hydroxylation is 3. The molecule has 2 aromatic heterocycles. The summed E-state index contributed by atoms with van der Waals surface area (Å²) in [4.78, 5) is 28.9. The number of benzene rings is 1. The molecule has 0 unspecified atom stereocenters. The van der Waals surface area contributed by atoms with Gasteiger partial charge in [-0.2, -0.15) is 0 Å². The third kappa shape index (κ3) is 3.19. The number of ether oxygens (including phenoxy) is 1. The molecule has 0 bridgehead atoms. The predicted molar refractivity (Wildman–Crippen MR) is 91.4 cm³/mol. The molecule has 0 fully saturated rings. The highest BCUT2D eigenvalue weighted by molar-refractivity contribution is 7.14. The third-order valence-corrected chi connectivity index (χ3v) is 4.70. The van der Waals surface area contributed by atoms with Gasteiger partial charge in [0.25, 0.3) is 0 Å². The normalized spacial score (nSPS) is 10.9. The minimum absolute atomic E-state index is 0.181. The predicted octanol–water partition coefficient (Wildman–Crippen LogP) is 4.19. The first-order chi connectivity index (χ1) is 10.9. The number of ketones is 1. The molecule has 4 nitrogen and oxygen atoms in total. The van der Waals surface area contributed by atoms with E-state index in [-0.39, 0.29) is 12.4 Å². The summed E-state index contributed by atoms with van der Waals surface area (Å²) in [6.45, 7) is 5.70. The van der Waals surface area contributed by atoms with Crippen LogP contribution in [0.1, 0.15) is 36.2 Å². The highest BCUT2D eigenvalue weighted by Gasteiger charge is 2.15. The lowest BCUT2D eigenvalue weighted by atomic mass is 10.1. The second-order valence-electron chi connectivity index (χ2n) is 5.64. The maximum absolute atomic E-state index is 12.1. The van der Waals surface area contributed by atoms with E-state index < -0.39 is 5.97 Å². The van der Waals surface area contributed by atoms with Crippen molar-refractivity contribution in [3.8, 4) is 0 Å². The number of nitrogens with one attached hydrogen (secondary N) is 1.